The van der Waals surface area contributed by atoms with Crippen LogP contribution in [0.5, 0.6) is 0 Å². The summed E-state index contributed by atoms with van der Waals surface area (Å²) < 4.78 is 41.8. The molecule has 3 aromatic rings. The summed E-state index contributed by atoms with van der Waals surface area (Å²) in [6.07, 6.45) is 0.723. The smallest absolute Gasteiger partial charge is 0.264 e. The number of halogens is 2. The zero-order chi connectivity index (χ0) is 27.9. The monoisotopic (exact) mass is 559 g/mol. The number of amides is 2. The molecule has 0 saturated carbocycles. The predicted molar refractivity (Wildman–Crippen MR) is 147 cm³/mol. The van der Waals surface area contributed by atoms with Crippen molar-refractivity contribution in [2.75, 3.05) is 17.4 Å². The quantitative estimate of drug-likeness (QED) is 0.361. The highest BCUT2D eigenvalue weighted by Gasteiger charge is 2.32. The van der Waals surface area contributed by atoms with Crippen molar-refractivity contribution in [2.45, 2.75) is 44.7 Å². The summed E-state index contributed by atoms with van der Waals surface area (Å²) in [6, 6.07) is 17.1. The van der Waals surface area contributed by atoms with Crippen molar-refractivity contribution in [3.8, 4) is 0 Å². The van der Waals surface area contributed by atoms with Gasteiger partial charge in [0.2, 0.25) is 11.8 Å². The van der Waals surface area contributed by atoms with Crippen molar-refractivity contribution < 1.29 is 22.4 Å². The standard InChI is InChI=1S/C28H31ClFN3O4S/c1-4-17-31-28(35)21(3)32(18-22-7-9-23(29)10-8-22)27(34)19-33(25-13-5-20(2)6-14-25)38(36,37)26-15-11-24(30)12-16-26/h5-16,21H,4,17-19H2,1-3H3,(H,31,35). The van der Waals surface area contributed by atoms with Crippen LogP contribution in [0.2, 0.25) is 5.02 Å². The van der Waals surface area contributed by atoms with Gasteiger partial charge in [0.05, 0.1) is 10.6 Å². The lowest BCUT2D eigenvalue weighted by molar-refractivity contribution is -0.139. The van der Waals surface area contributed by atoms with Crippen molar-refractivity contribution in [2.24, 2.45) is 0 Å². The summed E-state index contributed by atoms with van der Waals surface area (Å²) in [5, 5.41) is 3.32. The van der Waals surface area contributed by atoms with E-state index < -0.39 is 34.3 Å². The molecule has 0 heterocycles. The van der Waals surface area contributed by atoms with Crippen LogP contribution < -0.4 is 9.62 Å². The highest BCUT2D eigenvalue weighted by Crippen LogP contribution is 2.25. The normalized spacial score (nSPS) is 12.0. The van der Waals surface area contributed by atoms with Gasteiger partial charge >= 0.3 is 0 Å². The van der Waals surface area contributed by atoms with Gasteiger partial charge in [-0.3, -0.25) is 13.9 Å². The zero-order valence-corrected chi connectivity index (χ0v) is 23.1. The fraction of sp³-hybridized carbons (Fsp3) is 0.286. The first-order valence-electron chi connectivity index (χ1n) is 12.2. The molecule has 0 saturated heterocycles. The summed E-state index contributed by atoms with van der Waals surface area (Å²) in [6.45, 7) is 5.32. The molecule has 1 N–H and O–H groups in total. The van der Waals surface area contributed by atoms with Crippen molar-refractivity contribution in [3.63, 3.8) is 0 Å². The van der Waals surface area contributed by atoms with Gasteiger partial charge < -0.3 is 10.2 Å². The molecule has 0 radical (unpaired) electrons. The molecule has 0 aliphatic heterocycles. The van der Waals surface area contributed by atoms with E-state index in [-0.39, 0.29) is 23.0 Å². The number of carbonyl (C=O) groups is 2. The van der Waals surface area contributed by atoms with E-state index in [0.29, 0.717) is 11.6 Å². The molecular formula is C28H31ClFN3O4S. The van der Waals surface area contributed by atoms with Crippen molar-refractivity contribution >= 4 is 39.1 Å². The minimum Gasteiger partial charge on any atom is -0.354 e. The van der Waals surface area contributed by atoms with Gasteiger partial charge in [-0.05, 0) is 74.4 Å². The SMILES string of the molecule is CCCNC(=O)C(C)N(Cc1ccc(Cl)cc1)C(=O)CN(c1ccc(C)cc1)S(=O)(=O)c1ccc(F)cc1. The average Bonchev–Trinajstić information content (AvgIpc) is 2.90. The molecule has 1 atom stereocenters. The highest BCUT2D eigenvalue weighted by molar-refractivity contribution is 7.92. The molecule has 0 aromatic heterocycles. The first-order valence-corrected chi connectivity index (χ1v) is 14.0. The molecular weight excluding hydrogens is 529 g/mol. The van der Waals surface area contributed by atoms with E-state index in [1.165, 1.54) is 4.90 Å². The van der Waals surface area contributed by atoms with Crippen LogP contribution in [0.4, 0.5) is 10.1 Å². The maximum Gasteiger partial charge on any atom is 0.264 e. The van der Waals surface area contributed by atoms with Crippen molar-refractivity contribution in [3.05, 3.63) is 94.8 Å². The molecule has 2 amide bonds. The predicted octanol–water partition coefficient (Wildman–Crippen LogP) is 4.93. The van der Waals surface area contributed by atoms with Crippen molar-refractivity contribution in [1.82, 2.24) is 10.2 Å². The first kappa shape index (κ1) is 29.1. The zero-order valence-electron chi connectivity index (χ0n) is 21.5. The largest absolute Gasteiger partial charge is 0.354 e. The molecule has 1 unspecified atom stereocenters. The second kappa shape index (κ2) is 12.9. The molecule has 0 bridgehead atoms. The first-order chi connectivity index (χ1) is 18.0. The van der Waals surface area contributed by atoms with E-state index in [1.807, 2.05) is 13.8 Å². The van der Waals surface area contributed by atoms with Gasteiger partial charge in [0.15, 0.2) is 0 Å². The molecule has 0 aliphatic carbocycles. The number of nitrogens with one attached hydrogen (secondary N) is 1. The van der Waals surface area contributed by atoms with Crippen molar-refractivity contribution in [1.29, 1.82) is 0 Å². The van der Waals surface area contributed by atoms with E-state index in [9.17, 15) is 22.4 Å². The van der Waals surface area contributed by atoms with Gasteiger partial charge in [-0.15, -0.1) is 0 Å². The van der Waals surface area contributed by atoms with Crippen LogP contribution in [0.15, 0.2) is 77.7 Å². The topological polar surface area (TPSA) is 86.8 Å². The third-order valence-corrected chi connectivity index (χ3v) is 8.03. The maximum absolute atomic E-state index is 13.8. The molecule has 0 aliphatic rings. The molecule has 10 heteroatoms. The molecule has 202 valence electrons. The number of hydrogen-bond acceptors (Lipinski definition) is 4. The van der Waals surface area contributed by atoms with Crippen LogP contribution in [0.3, 0.4) is 0 Å². The Morgan fingerprint density at radius 1 is 0.974 bits per heavy atom. The van der Waals surface area contributed by atoms with Crippen LogP contribution in [0, 0.1) is 12.7 Å². The third-order valence-electron chi connectivity index (χ3n) is 5.99. The number of anilines is 1. The third kappa shape index (κ3) is 7.33. The number of carbonyl (C=O) groups excluding carboxylic acids is 2. The molecule has 38 heavy (non-hydrogen) atoms. The summed E-state index contributed by atoms with van der Waals surface area (Å²) in [5.74, 6) is -1.51. The van der Waals surface area contributed by atoms with E-state index in [1.54, 1.807) is 55.5 Å². The van der Waals surface area contributed by atoms with E-state index >= 15 is 0 Å². The summed E-state index contributed by atoms with van der Waals surface area (Å²) in [4.78, 5) is 27.8. The van der Waals surface area contributed by atoms with Crippen LogP contribution >= 0.6 is 11.6 Å². The summed E-state index contributed by atoms with van der Waals surface area (Å²) in [7, 11) is -4.25. The average molecular weight is 560 g/mol. The Hall–Kier alpha value is -3.43. The van der Waals surface area contributed by atoms with Crippen LogP contribution in [-0.2, 0) is 26.2 Å². The van der Waals surface area contributed by atoms with Crippen LogP contribution in [0.1, 0.15) is 31.4 Å². The van der Waals surface area contributed by atoms with Gasteiger partial charge in [0.25, 0.3) is 10.0 Å². The maximum atomic E-state index is 13.8. The molecule has 0 fully saturated rings. The van der Waals surface area contributed by atoms with Gasteiger partial charge in [0, 0.05) is 18.1 Å². The molecule has 7 nitrogen and oxygen atoms in total. The Morgan fingerprint density at radius 3 is 2.16 bits per heavy atom. The van der Waals surface area contributed by atoms with Gasteiger partial charge in [-0.1, -0.05) is 48.4 Å². The number of hydrogen-bond donors (Lipinski definition) is 1. The van der Waals surface area contributed by atoms with E-state index in [2.05, 4.69) is 5.32 Å². The second-order valence-corrected chi connectivity index (χ2v) is 11.2. The number of sulfonamides is 1. The lowest BCUT2D eigenvalue weighted by atomic mass is 10.1. The number of rotatable bonds is 11. The number of nitrogens with zero attached hydrogens (tertiary/aromatic N) is 2. The van der Waals surface area contributed by atoms with Crippen LogP contribution in [-0.4, -0.2) is 44.3 Å². The number of aryl methyl sites for hydroxylation is 1. The lowest BCUT2D eigenvalue weighted by Crippen LogP contribution is -2.51. The minimum absolute atomic E-state index is 0.0645. The molecule has 0 spiro atoms. The Balaban J connectivity index is 2.00. The number of benzene rings is 3. The highest BCUT2D eigenvalue weighted by atomic mass is 35.5. The van der Waals surface area contributed by atoms with E-state index in [4.69, 9.17) is 11.6 Å². The fourth-order valence-electron chi connectivity index (χ4n) is 3.74. The molecule has 3 rings (SSSR count). The molecule has 3 aromatic carbocycles. The van der Waals surface area contributed by atoms with Gasteiger partial charge in [0.1, 0.15) is 18.4 Å². The minimum atomic E-state index is -4.25. The Morgan fingerprint density at radius 2 is 1.58 bits per heavy atom. The Kier molecular flexibility index (Phi) is 9.88. The Bertz CT molecular complexity index is 1350. The van der Waals surface area contributed by atoms with Gasteiger partial charge in [-0.2, -0.15) is 0 Å². The van der Waals surface area contributed by atoms with Crippen LogP contribution in [0.25, 0.3) is 0 Å². The second-order valence-electron chi connectivity index (χ2n) is 8.92. The fourth-order valence-corrected chi connectivity index (χ4v) is 5.28. The van der Waals surface area contributed by atoms with E-state index in [0.717, 1.165) is 46.1 Å². The summed E-state index contributed by atoms with van der Waals surface area (Å²) in [5.41, 5.74) is 1.90. The van der Waals surface area contributed by atoms with Gasteiger partial charge in [-0.25, -0.2) is 12.8 Å². The summed E-state index contributed by atoms with van der Waals surface area (Å²) >= 11 is 6.01. The Labute approximate surface area is 228 Å². The lowest BCUT2D eigenvalue weighted by Gasteiger charge is -2.32.